The Labute approximate surface area is 130 Å². The van der Waals surface area contributed by atoms with E-state index in [0.29, 0.717) is 5.56 Å². The predicted octanol–water partition coefficient (Wildman–Crippen LogP) is 2.43. The van der Waals surface area contributed by atoms with Crippen LogP contribution in [0.1, 0.15) is 23.9 Å². The summed E-state index contributed by atoms with van der Waals surface area (Å²) in [5, 5.41) is 2.84. The van der Waals surface area contributed by atoms with Gasteiger partial charge in [0, 0.05) is 18.9 Å². The van der Waals surface area contributed by atoms with Gasteiger partial charge in [0.05, 0.1) is 12.5 Å². The molecule has 1 aliphatic rings. The van der Waals surface area contributed by atoms with Crippen molar-refractivity contribution >= 4 is 5.91 Å². The van der Waals surface area contributed by atoms with Crippen LogP contribution in [0.4, 0.5) is 13.2 Å². The van der Waals surface area contributed by atoms with Gasteiger partial charge in [0.15, 0.2) is 11.6 Å². The number of alkyl halides is 2. The summed E-state index contributed by atoms with van der Waals surface area (Å²) in [6.07, 6.45) is 4.22. The first-order chi connectivity index (χ1) is 11.0. The first-order valence-corrected chi connectivity index (χ1v) is 7.06. The molecule has 23 heavy (non-hydrogen) atoms. The highest BCUT2D eigenvalue weighted by atomic mass is 19.3. The molecule has 1 aromatic carbocycles. The fourth-order valence-corrected chi connectivity index (χ4v) is 2.63. The lowest BCUT2D eigenvalue weighted by molar-refractivity contribution is -0.121. The lowest BCUT2D eigenvalue weighted by Crippen LogP contribution is -2.29. The fraction of sp³-hybridized carbons (Fsp3) is 0.333. The van der Waals surface area contributed by atoms with Crippen molar-refractivity contribution in [3.05, 3.63) is 47.8 Å². The second-order valence-electron chi connectivity index (χ2n) is 5.21. The van der Waals surface area contributed by atoms with Crippen LogP contribution in [0.5, 0.6) is 5.75 Å². The Morgan fingerprint density at radius 2 is 2.30 bits per heavy atom. The fourth-order valence-electron chi connectivity index (χ4n) is 2.63. The van der Waals surface area contributed by atoms with Crippen LogP contribution in [-0.4, -0.2) is 22.1 Å². The zero-order valence-electron chi connectivity index (χ0n) is 12.0. The van der Waals surface area contributed by atoms with Crippen molar-refractivity contribution in [2.45, 2.75) is 32.0 Å². The number of halogens is 3. The number of nitrogens with zero attached hydrogens (tertiary/aromatic N) is 2. The normalized spacial score (nSPS) is 16.4. The summed E-state index contributed by atoms with van der Waals surface area (Å²) in [7, 11) is 0. The molecule has 2 heterocycles. The standard InChI is InChI=1S/C15H14F3N3O2/c16-10-7-9(1-2-12(10)23-15(17)18)8-13(22)20-11-3-5-21-6-4-19-14(11)21/h1-2,4,6-7,11,15H,3,5,8H2,(H,20,22). The Morgan fingerprint density at radius 1 is 1.48 bits per heavy atom. The van der Waals surface area contributed by atoms with Crippen LogP contribution >= 0.6 is 0 Å². The Morgan fingerprint density at radius 3 is 3.04 bits per heavy atom. The quantitative estimate of drug-likeness (QED) is 0.918. The maximum absolute atomic E-state index is 13.6. The van der Waals surface area contributed by atoms with Crippen LogP contribution in [0.15, 0.2) is 30.6 Å². The molecule has 0 saturated carbocycles. The minimum Gasteiger partial charge on any atom is -0.432 e. The summed E-state index contributed by atoms with van der Waals surface area (Å²) >= 11 is 0. The van der Waals surface area contributed by atoms with Crippen molar-refractivity contribution in [2.24, 2.45) is 0 Å². The number of aromatic nitrogens is 2. The number of hydrogen-bond acceptors (Lipinski definition) is 3. The van der Waals surface area contributed by atoms with Crippen molar-refractivity contribution < 1.29 is 22.7 Å². The average Bonchev–Trinajstić information content (AvgIpc) is 3.06. The maximum Gasteiger partial charge on any atom is 0.387 e. The number of imidazole rings is 1. The number of amides is 1. The van der Waals surface area contributed by atoms with Gasteiger partial charge in [0.25, 0.3) is 0 Å². The van der Waals surface area contributed by atoms with Gasteiger partial charge in [0.2, 0.25) is 5.91 Å². The lowest BCUT2D eigenvalue weighted by atomic mass is 10.1. The van der Waals surface area contributed by atoms with E-state index >= 15 is 0 Å². The molecule has 1 amide bonds. The van der Waals surface area contributed by atoms with E-state index in [-0.39, 0.29) is 18.4 Å². The second kappa shape index (κ2) is 6.31. The average molecular weight is 325 g/mol. The maximum atomic E-state index is 13.6. The van der Waals surface area contributed by atoms with Gasteiger partial charge in [-0.1, -0.05) is 6.07 Å². The number of aryl methyl sites for hydroxylation is 1. The van der Waals surface area contributed by atoms with Crippen LogP contribution in [-0.2, 0) is 17.8 Å². The molecule has 0 radical (unpaired) electrons. The van der Waals surface area contributed by atoms with E-state index < -0.39 is 18.2 Å². The molecule has 0 aliphatic carbocycles. The smallest absolute Gasteiger partial charge is 0.387 e. The highest BCUT2D eigenvalue weighted by Crippen LogP contribution is 2.24. The number of benzene rings is 1. The Balaban J connectivity index is 1.61. The SMILES string of the molecule is O=C(Cc1ccc(OC(F)F)c(F)c1)NC1CCn2ccnc21. The van der Waals surface area contributed by atoms with Gasteiger partial charge in [-0.2, -0.15) is 8.78 Å². The van der Waals surface area contributed by atoms with E-state index in [9.17, 15) is 18.0 Å². The third kappa shape index (κ3) is 3.46. The molecule has 3 rings (SSSR count). The summed E-state index contributed by atoms with van der Waals surface area (Å²) in [6.45, 7) is -2.31. The number of carbonyl (C=O) groups excluding carboxylic acids is 1. The molecule has 2 aromatic rings. The van der Waals surface area contributed by atoms with Gasteiger partial charge in [0.1, 0.15) is 5.82 Å². The van der Waals surface area contributed by atoms with Crippen molar-refractivity contribution in [3.8, 4) is 5.75 Å². The minimum atomic E-state index is -3.09. The number of nitrogens with one attached hydrogen (secondary N) is 1. The monoisotopic (exact) mass is 325 g/mol. The van der Waals surface area contributed by atoms with E-state index in [1.54, 1.807) is 6.20 Å². The molecule has 1 aromatic heterocycles. The molecule has 122 valence electrons. The van der Waals surface area contributed by atoms with Crippen molar-refractivity contribution in [3.63, 3.8) is 0 Å². The number of ether oxygens (including phenoxy) is 1. The Bertz CT molecular complexity index is 718. The topological polar surface area (TPSA) is 56.1 Å². The van der Waals surface area contributed by atoms with Crippen molar-refractivity contribution in [1.82, 2.24) is 14.9 Å². The minimum absolute atomic E-state index is 0.0525. The Hall–Kier alpha value is -2.51. The van der Waals surface area contributed by atoms with E-state index in [0.717, 1.165) is 30.9 Å². The number of carbonyl (C=O) groups is 1. The van der Waals surface area contributed by atoms with E-state index in [2.05, 4.69) is 15.0 Å². The second-order valence-corrected chi connectivity index (χ2v) is 5.21. The summed E-state index contributed by atoms with van der Waals surface area (Å²) in [5.41, 5.74) is 0.378. The van der Waals surface area contributed by atoms with E-state index in [4.69, 9.17) is 0 Å². The molecular formula is C15H14F3N3O2. The van der Waals surface area contributed by atoms with Gasteiger partial charge in [-0.05, 0) is 24.1 Å². The van der Waals surface area contributed by atoms with Crippen molar-refractivity contribution in [1.29, 1.82) is 0 Å². The molecule has 0 fully saturated rings. The number of hydrogen-bond donors (Lipinski definition) is 1. The third-order valence-corrected chi connectivity index (χ3v) is 3.63. The molecule has 1 aliphatic heterocycles. The molecule has 0 bridgehead atoms. The predicted molar refractivity (Wildman–Crippen MR) is 74.5 cm³/mol. The zero-order valence-corrected chi connectivity index (χ0v) is 12.0. The summed E-state index contributed by atoms with van der Waals surface area (Å²) in [5.74, 6) is -0.951. The van der Waals surface area contributed by atoms with Gasteiger partial charge < -0.3 is 14.6 Å². The van der Waals surface area contributed by atoms with Crippen molar-refractivity contribution in [2.75, 3.05) is 0 Å². The third-order valence-electron chi connectivity index (χ3n) is 3.63. The molecule has 8 heteroatoms. The van der Waals surface area contributed by atoms with Gasteiger partial charge in [-0.25, -0.2) is 9.37 Å². The highest BCUT2D eigenvalue weighted by molar-refractivity contribution is 5.79. The first kappa shape index (κ1) is 15.4. The van der Waals surface area contributed by atoms with Crippen LogP contribution < -0.4 is 10.1 Å². The van der Waals surface area contributed by atoms with Gasteiger partial charge >= 0.3 is 6.61 Å². The summed E-state index contributed by atoms with van der Waals surface area (Å²) in [6, 6.07) is 3.33. The van der Waals surface area contributed by atoms with Crippen LogP contribution in [0.2, 0.25) is 0 Å². The molecule has 0 spiro atoms. The zero-order chi connectivity index (χ0) is 16.4. The molecule has 5 nitrogen and oxygen atoms in total. The van der Waals surface area contributed by atoms with E-state index in [1.807, 2.05) is 10.8 Å². The first-order valence-electron chi connectivity index (χ1n) is 7.06. The highest BCUT2D eigenvalue weighted by Gasteiger charge is 2.25. The van der Waals surface area contributed by atoms with E-state index in [1.165, 1.54) is 6.07 Å². The molecule has 1 unspecified atom stereocenters. The number of fused-ring (bicyclic) bond motifs is 1. The van der Waals surface area contributed by atoms with Gasteiger partial charge in [-0.15, -0.1) is 0 Å². The molecule has 1 N–H and O–H groups in total. The van der Waals surface area contributed by atoms with Gasteiger partial charge in [-0.3, -0.25) is 4.79 Å². The number of rotatable bonds is 5. The largest absolute Gasteiger partial charge is 0.432 e. The van der Waals surface area contributed by atoms with Crippen LogP contribution in [0, 0.1) is 5.82 Å². The molecular weight excluding hydrogens is 311 g/mol. The van der Waals surface area contributed by atoms with Crippen LogP contribution in [0.25, 0.3) is 0 Å². The van der Waals surface area contributed by atoms with Crippen LogP contribution in [0.3, 0.4) is 0 Å². The Kier molecular flexibility index (Phi) is 4.22. The molecule has 1 atom stereocenters. The lowest BCUT2D eigenvalue weighted by Gasteiger charge is -2.12. The summed E-state index contributed by atoms with van der Waals surface area (Å²) in [4.78, 5) is 16.2. The molecule has 0 saturated heterocycles. The summed E-state index contributed by atoms with van der Waals surface area (Å²) < 4.78 is 43.7.